The van der Waals surface area contributed by atoms with E-state index >= 15 is 0 Å². The molecule has 122 valence electrons. The summed E-state index contributed by atoms with van der Waals surface area (Å²) in [6.07, 6.45) is 3.53. The van der Waals surface area contributed by atoms with E-state index in [1.165, 1.54) is 0 Å². The summed E-state index contributed by atoms with van der Waals surface area (Å²) in [7, 11) is -1.66. The van der Waals surface area contributed by atoms with Crippen molar-refractivity contribution in [2.75, 3.05) is 4.72 Å². The zero-order valence-corrected chi connectivity index (χ0v) is 14.6. The second-order valence-corrected chi connectivity index (χ2v) is 8.13. The molecule has 1 N–H and O–H groups in total. The summed E-state index contributed by atoms with van der Waals surface area (Å²) in [5.41, 5.74) is 0.933. The molecular formula is C19H17ClN2OS. The monoisotopic (exact) mass is 356 g/mol. The third-order valence-electron chi connectivity index (χ3n) is 3.30. The highest BCUT2D eigenvalue weighted by Gasteiger charge is 2.03. The first-order valence-corrected chi connectivity index (χ1v) is 9.59. The van der Waals surface area contributed by atoms with Gasteiger partial charge in [0.1, 0.15) is 11.5 Å². The molecule has 3 nitrogen and oxygen atoms in total. The SMILES string of the molecule is C=S(=C)(Nc1ccc(Oc2ccc(Cl)cc2)cc1)c1cccnc1. The normalized spacial score (nSPS) is 11.0. The standard InChI is InChI=1S/C19H17ClN2OS/c1-24(2,19-4-3-13-21-14-19)22-16-7-11-18(12-8-16)23-17-9-5-15(20)6-10-17/h3-14,22H,1-2H2. The summed E-state index contributed by atoms with van der Waals surface area (Å²) in [4.78, 5) is 5.12. The Bertz CT molecular complexity index is 906. The van der Waals surface area contributed by atoms with Crippen molar-refractivity contribution >= 4 is 38.4 Å². The zero-order valence-electron chi connectivity index (χ0n) is 13.0. The predicted octanol–water partition coefficient (Wildman–Crippen LogP) is 5.58. The Morgan fingerprint density at radius 3 is 2.12 bits per heavy atom. The molecule has 0 amide bonds. The van der Waals surface area contributed by atoms with Gasteiger partial charge in [-0.2, -0.15) is 0 Å². The third kappa shape index (κ3) is 4.10. The van der Waals surface area contributed by atoms with Gasteiger partial charge in [-0.25, -0.2) is 0 Å². The lowest BCUT2D eigenvalue weighted by atomic mass is 10.3. The van der Waals surface area contributed by atoms with Crippen LogP contribution in [0.3, 0.4) is 0 Å². The number of ether oxygens (including phenoxy) is 1. The summed E-state index contributed by atoms with van der Waals surface area (Å²) < 4.78 is 9.16. The number of aromatic nitrogens is 1. The number of hydrogen-bond acceptors (Lipinski definition) is 3. The van der Waals surface area contributed by atoms with Gasteiger partial charge in [0.2, 0.25) is 0 Å². The van der Waals surface area contributed by atoms with Crippen molar-refractivity contribution in [2.45, 2.75) is 4.90 Å². The Balaban J connectivity index is 1.72. The smallest absolute Gasteiger partial charge is 0.127 e. The average Bonchev–Trinajstić information content (AvgIpc) is 2.59. The van der Waals surface area contributed by atoms with Crippen LogP contribution in [0.2, 0.25) is 5.02 Å². The van der Waals surface area contributed by atoms with E-state index in [0.717, 1.165) is 22.1 Å². The zero-order chi connectivity index (χ0) is 17.0. The van der Waals surface area contributed by atoms with Crippen LogP contribution < -0.4 is 9.46 Å². The summed E-state index contributed by atoms with van der Waals surface area (Å²) in [6.45, 7) is 0. The van der Waals surface area contributed by atoms with Crippen LogP contribution in [0, 0.1) is 0 Å². The van der Waals surface area contributed by atoms with E-state index in [2.05, 4.69) is 21.4 Å². The number of rotatable bonds is 5. The molecular weight excluding hydrogens is 340 g/mol. The summed E-state index contributed by atoms with van der Waals surface area (Å²) >= 11 is 5.87. The molecule has 24 heavy (non-hydrogen) atoms. The molecule has 0 atom stereocenters. The molecule has 0 bridgehead atoms. The molecule has 3 rings (SSSR count). The fourth-order valence-corrected chi connectivity index (χ4v) is 3.53. The first-order valence-electron chi connectivity index (χ1n) is 7.24. The first-order chi connectivity index (χ1) is 11.5. The number of nitrogens with zero attached hydrogens (tertiary/aromatic N) is 1. The maximum absolute atomic E-state index is 5.87. The molecule has 2 aromatic carbocycles. The van der Waals surface area contributed by atoms with Gasteiger partial charge in [0, 0.05) is 28.0 Å². The lowest BCUT2D eigenvalue weighted by Gasteiger charge is -2.18. The first kappa shape index (κ1) is 16.4. The largest absolute Gasteiger partial charge is 0.457 e. The van der Waals surface area contributed by atoms with E-state index in [0.29, 0.717) is 5.02 Å². The Morgan fingerprint density at radius 1 is 0.917 bits per heavy atom. The maximum atomic E-state index is 5.87. The topological polar surface area (TPSA) is 34.1 Å². The molecule has 1 aromatic heterocycles. The Morgan fingerprint density at radius 2 is 1.54 bits per heavy atom. The Kier molecular flexibility index (Phi) is 4.79. The minimum atomic E-state index is -1.66. The molecule has 0 aliphatic heterocycles. The van der Waals surface area contributed by atoms with Crippen LogP contribution in [0.1, 0.15) is 0 Å². The van der Waals surface area contributed by atoms with Crippen LogP contribution in [-0.4, -0.2) is 16.7 Å². The van der Waals surface area contributed by atoms with Crippen LogP contribution in [0.5, 0.6) is 11.5 Å². The molecule has 3 aromatic rings. The molecule has 0 aliphatic rings. The molecule has 0 spiro atoms. The fourth-order valence-electron chi connectivity index (χ4n) is 2.09. The molecule has 0 radical (unpaired) electrons. The highest BCUT2D eigenvalue weighted by molar-refractivity contribution is 8.28. The highest BCUT2D eigenvalue weighted by atomic mass is 35.5. The van der Waals surface area contributed by atoms with E-state index in [1.807, 2.05) is 48.5 Å². The minimum Gasteiger partial charge on any atom is -0.457 e. The van der Waals surface area contributed by atoms with Gasteiger partial charge in [-0.1, -0.05) is 23.3 Å². The number of hydrogen-bond donors (Lipinski definition) is 1. The van der Waals surface area contributed by atoms with Gasteiger partial charge >= 0.3 is 0 Å². The van der Waals surface area contributed by atoms with Crippen molar-refractivity contribution in [2.24, 2.45) is 0 Å². The van der Waals surface area contributed by atoms with Crippen LogP contribution in [-0.2, 0) is 0 Å². The van der Waals surface area contributed by atoms with Gasteiger partial charge in [0.15, 0.2) is 0 Å². The second kappa shape index (κ2) is 6.99. The van der Waals surface area contributed by atoms with Gasteiger partial charge in [-0.3, -0.25) is 4.98 Å². The van der Waals surface area contributed by atoms with Crippen LogP contribution in [0.15, 0.2) is 78.0 Å². The molecule has 0 unspecified atom stereocenters. The third-order valence-corrected chi connectivity index (χ3v) is 5.32. The summed E-state index contributed by atoms with van der Waals surface area (Å²) in [5.74, 6) is 9.91. The molecule has 0 aliphatic carbocycles. The quantitative estimate of drug-likeness (QED) is 0.606. The van der Waals surface area contributed by atoms with Crippen molar-refractivity contribution in [1.82, 2.24) is 4.98 Å². The van der Waals surface area contributed by atoms with Crippen molar-refractivity contribution in [3.8, 4) is 11.5 Å². The number of benzene rings is 2. The number of pyridine rings is 1. The number of nitrogens with one attached hydrogen (secondary N) is 1. The van der Waals surface area contributed by atoms with Gasteiger partial charge in [-0.15, -0.1) is 9.39 Å². The van der Waals surface area contributed by atoms with Gasteiger partial charge in [0.05, 0.1) is 0 Å². The Labute approximate surface area is 147 Å². The van der Waals surface area contributed by atoms with Crippen molar-refractivity contribution in [3.63, 3.8) is 0 Å². The van der Waals surface area contributed by atoms with E-state index in [-0.39, 0.29) is 0 Å². The van der Waals surface area contributed by atoms with Gasteiger partial charge in [0.25, 0.3) is 0 Å². The van der Waals surface area contributed by atoms with Crippen molar-refractivity contribution < 1.29 is 4.74 Å². The van der Waals surface area contributed by atoms with E-state index < -0.39 is 9.39 Å². The van der Waals surface area contributed by atoms with E-state index in [1.54, 1.807) is 24.5 Å². The number of halogens is 1. The van der Waals surface area contributed by atoms with Crippen LogP contribution >= 0.6 is 21.0 Å². The highest BCUT2D eigenvalue weighted by Crippen LogP contribution is 2.33. The second-order valence-electron chi connectivity index (χ2n) is 5.25. The summed E-state index contributed by atoms with van der Waals surface area (Å²) in [5, 5.41) is 0.683. The van der Waals surface area contributed by atoms with Crippen molar-refractivity contribution in [3.05, 3.63) is 78.1 Å². The van der Waals surface area contributed by atoms with E-state index in [9.17, 15) is 0 Å². The van der Waals surface area contributed by atoms with Crippen LogP contribution in [0.25, 0.3) is 0 Å². The lowest BCUT2D eigenvalue weighted by Crippen LogP contribution is -1.96. The maximum Gasteiger partial charge on any atom is 0.127 e. The molecule has 0 saturated carbocycles. The predicted molar refractivity (Wildman–Crippen MR) is 106 cm³/mol. The summed E-state index contributed by atoms with van der Waals surface area (Å²) in [6, 6.07) is 18.8. The van der Waals surface area contributed by atoms with Crippen molar-refractivity contribution in [1.29, 1.82) is 0 Å². The fraction of sp³-hybridized carbons (Fsp3) is 0. The minimum absolute atomic E-state index is 0.683. The molecule has 0 fully saturated rings. The molecule has 5 heteroatoms. The van der Waals surface area contributed by atoms with Crippen LogP contribution in [0.4, 0.5) is 5.69 Å². The van der Waals surface area contributed by atoms with E-state index in [4.69, 9.17) is 16.3 Å². The Hall–Kier alpha value is -2.43. The molecule has 1 heterocycles. The lowest BCUT2D eigenvalue weighted by molar-refractivity contribution is 0.483. The molecule has 0 saturated heterocycles. The average molecular weight is 357 g/mol. The van der Waals surface area contributed by atoms with Gasteiger partial charge in [-0.05, 0) is 60.7 Å². The number of anilines is 1. The van der Waals surface area contributed by atoms with Gasteiger partial charge < -0.3 is 9.46 Å².